The van der Waals surface area contributed by atoms with Crippen LogP contribution in [0.15, 0.2) is 24.3 Å². The quantitative estimate of drug-likeness (QED) is 0.825. The molecule has 0 spiro atoms. The maximum Gasteiger partial charge on any atom is 0.224 e. The molecule has 0 amide bonds. The number of nitrogens with zero attached hydrogens (tertiary/aromatic N) is 3. The van der Waals surface area contributed by atoms with Crippen LogP contribution in [0.2, 0.25) is 5.28 Å². The molecule has 1 aromatic heterocycles. The number of benzene rings is 1. The van der Waals surface area contributed by atoms with E-state index in [2.05, 4.69) is 34.0 Å². The van der Waals surface area contributed by atoms with E-state index in [0.717, 1.165) is 42.9 Å². The first-order valence-electron chi connectivity index (χ1n) is 6.63. The minimum Gasteiger partial charge on any atom is -0.368 e. The summed E-state index contributed by atoms with van der Waals surface area (Å²) >= 11 is 5.95. The molecule has 0 unspecified atom stereocenters. The van der Waals surface area contributed by atoms with E-state index in [1.165, 1.54) is 0 Å². The Morgan fingerprint density at radius 3 is 2.63 bits per heavy atom. The smallest absolute Gasteiger partial charge is 0.224 e. The van der Waals surface area contributed by atoms with Crippen LogP contribution >= 0.6 is 11.6 Å². The van der Waals surface area contributed by atoms with E-state index in [4.69, 9.17) is 11.6 Å². The van der Waals surface area contributed by atoms with E-state index in [9.17, 15) is 0 Å². The molecule has 1 aromatic carbocycles. The van der Waals surface area contributed by atoms with Gasteiger partial charge in [-0.2, -0.15) is 0 Å². The molecule has 0 atom stereocenters. The van der Waals surface area contributed by atoms with Crippen LogP contribution in [0.3, 0.4) is 0 Å². The number of fused-ring (bicyclic) bond motifs is 1. The zero-order valence-electron chi connectivity index (χ0n) is 11.4. The number of hydrogen-bond acceptors (Lipinski definition) is 4. The molecular formula is C14H19ClN4. The van der Waals surface area contributed by atoms with Gasteiger partial charge in [0.2, 0.25) is 5.28 Å². The van der Waals surface area contributed by atoms with Gasteiger partial charge in [0.25, 0.3) is 0 Å². The lowest BCUT2D eigenvalue weighted by atomic mass is 10.2. The normalized spacial score (nSPS) is 11.2. The van der Waals surface area contributed by atoms with Gasteiger partial charge in [-0.15, -0.1) is 0 Å². The lowest BCUT2D eigenvalue weighted by Gasteiger charge is -2.18. The van der Waals surface area contributed by atoms with Crippen LogP contribution < -0.4 is 5.32 Å². The summed E-state index contributed by atoms with van der Waals surface area (Å²) < 4.78 is 0. The van der Waals surface area contributed by atoms with Gasteiger partial charge >= 0.3 is 0 Å². The Morgan fingerprint density at radius 1 is 1.16 bits per heavy atom. The summed E-state index contributed by atoms with van der Waals surface area (Å²) in [6.07, 6.45) is 0. The molecule has 5 heteroatoms. The highest BCUT2D eigenvalue weighted by molar-refractivity contribution is 6.28. The molecule has 0 bridgehead atoms. The number of anilines is 1. The highest BCUT2D eigenvalue weighted by Gasteiger charge is 2.06. The van der Waals surface area contributed by atoms with Gasteiger partial charge in [0.15, 0.2) is 0 Å². The van der Waals surface area contributed by atoms with E-state index < -0.39 is 0 Å². The van der Waals surface area contributed by atoms with Crippen molar-refractivity contribution in [3.05, 3.63) is 29.5 Å². The van der Waals surface area contributed by atoms with E-state index in [1.54, 1.807) is 0 Å². The average molecular weight is 279 g/mol. The average Bonchev–Trinajstić information content (AvgIpc) is 2.43. The molecule has 1 N–H and O–H groups in total. The topological polar surface area (TPSA) is 41.0 Å². The third-order valence-electron chi connectivity index (χ3n) is 3.19. The Labute approximate surface area is 118 Å². The predicted molar refractivity (Wildman–Crippen MR) is 80.8 cm³/mol. The minimum atomic E-state index is 0.282. The Balaban J connectivity index is 2.12. The number of aromatic nitrogens is 2. The molecular weight excluding hydrogens is 260 g/mol. The first-order valence-corrected chi connectivity index (χ1v) is 7.01. The Kier molecular flexibility index (Phi) is 4.93. The second-order valence-corrected chi connectivity index (χ2v) is 4.65. The molecule has 0 aliphatic carbocycles. The first kappa shape index (κ1) is 14.0. The summed E-state index contributed by atoms with van der Waals surface area (Å²) in [5.41, 5.74) is 0.868. The zero-order valence-corrected chi connectivity index (χ0v) is 12.1. The Hall–Kier alpha value is -1.39. The molecule has 0 aliphatic rings. The number of halogens is 1. The maximum atomic E-state index is 5.95. The molecule has 0 aliphatic heterocycles. The molecule has 4 nitrogen and oxygen atoms in total. The van der Waals surface area contributed by atoms with Crippen LogP contribution in [0.5, 0.6) is 0 Å². The third-order valence-corrected chi connectivity index (χ3v) is 3.36. The van der Waals surface area contributed by atoms with E-state index in [0.29, 0.717) is 0 Å². The van der Waals surface area contributed by atoms with Crippen LogP contribution in [0.1, 0.15) is 13.8 Å². The number of rotatable bonds is 6. The minimum absolute atomic E-state index is 0.282. The molecule has 1 heterocycles. The van der Waals surface area contributed by atoms with Gasteiger partial charge in [0.05, 0.1) is 5.52 Å². The highest BCUT2D eigenvalue weighted by Crippen LogP contribution is 2.21. The zero-order chi connectivity index (χ0) is 13.7. The summed E-state index contributed by atoms with van der Waals surface area (Å²) in [6.45, 7) is 8.29. The van der Waals surface area contributed by atoms with Gasteiger partial charge in [-0.05, 0) is 36.8 Å². The molecule has 0 saturated carbocycles. The van der Waals surface area contributed by atoms with Gasteiger partial charge < -0.3 is 10.2 Å². The fraction of sp³-hybridized carbons (Fsp3) is 0.429. The number of likely N-dealkylation sites (N-methyl/N-ethyl adjacent to an activating group) is 1. The summed E-state index contributed by atoms with van der Waals surface area (Å²) in [7, 11) is 0. The van der Waals surface area contributed by atoms with Crippen molar-refractivity contribution in [1.82, 2.24) is 14.9 Å². The van der Waals surface area contributed by atoms with Gasteiger partial charge in [-0.3, -0.25) is 0 Å². The molecule has 0 radical (unpaired) electrons. The van der Waals surface area contributed by atoms with Crippen molar-refractivity contribution in [2.45, 2.75) is 13.8 Å². The van der Waals surface area contributed by atoms with E-state index in [-0.39, 0.29) is 5.28 Å². The van der Waals surface area contributed by atoms with E-state index >= 15 is 0 Å². The van der Waals surface area contributed by atoms with Crippen LogP contribution in [0, 0.1) is 0 Å². The fourth-order valence-corrected chi connectivity index (χ4v) is 2.23. The van der Waals surface area contributed by atoms with Crippen LogP contribution in [-0.4, -0.2) is 41.0 Å². The second kappa shape index (κ2) is 6.68. The highest BCUT2D eigenvalue weighted by atomic mass is 35.5. The van der Waals surface area contributed by atoms with Crippen molar-refractivity contribution in [1.29, 1.82) is 0 Å². The standard InChI is InChI=1S/C14H19ClN4/c1-3-19(4-2)10-9-16-13-11-7-5-6-8-12(11)17-14(15)18-13/h5-8H,3-4,9-10H2,1-2H3,(H,16,17,18). The second-order valence-electron chi connectivity index (χ2n) is 4.31. The van der Waals surface area contributed by atoms with Crippen molar-refractivity contribution in [3.63, 3.8) is 0 Å². The lowest BCUT2D eigenvalue weighted by molar-refractivity contribution is 0.316. The molecule has 2 rings (SSSR count). The summed E-state index contributed by atoms with van der Waals surface area (Å²) in [4.78, 5) is 10.8. The number of para-hydroxylation sites is 1. The fourth-order valence-electron chi connectivity index (χ4n) is 2.06. The third kappa shape index (κ3) is 3.55. The predicted octanol–water partition coefficient (Wildman–Crippen LogP) is 3.04. The SMILES string of the molecule is CCN(CC)CCNc1nc(Cl)nc2ccccc12. The summed E-state index contributed by atoms with van der Waals surface area (Å²) in [6, 6.07) is 7.88. The largest absolute Gasteiger partial charge is 0.368 e. The van der Waals surface area contributed by atoms with Gasteiger partial charge in [-0.25, -0.2) is 9.97 Å². The Morgan fingerprint density at radius 2 is 1.89 bits per heavy atom. The number of nitrogens with one attached hydrogen (secondary N) is 1. The van der Waals surface area contributed by atoms with Crippen molar-refractivity contribution in [2.24, 2.45) is 0 Å². The van der Waals surface area contributed by atoms with Crippen LogP contribution in [-0.2, 0) is 0 Å². The maximum absolute atomic E-state index is 5.95. The van der Waals surface area contributed by atoms with Crippen LogP contribution in [0.25, 0.3) is 10.9 Å². The summed E-state index contributed by atoms with van der Waals surface area (Å²) in [5, 5.41) is 4.64. The molecule has 0 saturated heterocycles. The lowest BCUT2D eigenvalue weighted by Crippen LogP contribution is -2.28. The Bertz CT molecular complexity index is 540. The van der Waals surface area contributed by atoms with Crippen molar-refractivity contribution >= 4 is 28.3 Å². The van der Waals surface area contributed by atoms with Gasteiger partial charge in [0, 0.05) is 18.5 Å². The molecule has 2 aromatic rings. The molecule has 102 valence electrons. The first-order chi connectivity index (χ1) is 9.24. The monoisotopic (exact) mass is 278 g/mol. The van der Waals surface area contributed by atoms with Crippen molar-refractivity contribution in [2.75, 3.05) is 31.5 Å². The van der Waals surface area contributed by atoms with Gasteiger partial charge in [-0.1, -0.05) is 26.0 Å². The van der Waals surface area contributed by atoms with Gasteiger partial charge in [0.1, 0.15) is 5.82 Å². The molecule has 19 heavy (non-hydrogen) atoms. The summed E-state index contributed by atoms with van der Waals surface area (Å²) in [5.74, 6) is 0.808. The number of hydrogen-bond donors (Lipinski definition) is 1. The van der Waals surface area contributed by atoms with Crippen molar-refractivity contribution < 1.29 is 0 Å². The van der Waals surface area contributed by atoms with Crippen molar-refractivity contribution in [3.8, 4) is 0 Å². The van der Waals surface area contributed by atoms with E-state index in [1.807, 2.05) is 24.3 Å². The molecule has 0 fully saturated rings. The van der Waals surface area contributed by atoms with Crippen LogP contribution in [0.4, 0.5) is 5.82 Å².